The quantitative estimate of drug-likeness (QED) is 0.597. The number of hydrogen-bond donors (Lipinski definition) is 2. The van der Waals surface area contributed by atoms with E-state index in [9.17, 15) is 4.39 Å². The Hall–Kier alpha value is -1.45. The lowest BCUT2D eigenvalue weighted by Gasteiger charge is -1.79. The molecule has 52 valence electrons. The first-order valence-electron chi connectivity index (χ1n) is 2.70. The molecule has 1 aromatic heterocycles. The molecule has 1 rings (SSSR count). The first-order chi connectivity index (χ1) is 4.79. The number of H-pyrrole nitrogens is 1. The van der Waals surface area contributed by atoms with Crippen LogP contribution in [0.4, 0.5) is 4.39 Å². The highest BCUT2D eigenvalue weighted by Crippen LogP contribution is 1.91. The standard InChI is InChI=1S/C6H6FN3/c7-5(8)1-2-6-9-3-4-10-6/h1-4,8H,(H,9,10)/b2-1-,8-5?. The van der Waals surface area contributed by atoms with Crippen LogP contribution in [0.5, 0.6) is 0 Å². The van der Waals surface area contributed by atoms with Crippen molar-refractivity contribution >= 4 is 12.0 Å². The molecule has 0 saturated carbocycles. The Bertz CT molecular complexity index is 238. The van der Waals surface area contributed by atoms with Crippen LogP contribution >= 0.6 is 0 Å². The first-order valence-corrected chi connectivity index (χ1v) is 2.70. The highest BCUT2D eigenvalue weighted by Gasteiger charge is 1.86. The fraction of sp³-hybridized carbons (Fsp3) is 0. The third-order valence-electron chi connectivity index (χ3n) is 0.907. The third kappa shape index (κ3) is 1.81. The molecular weight excluding hydrogens is 133 g/mol. The number of hydrogen-bond acceptors (Lipinski definition) is 2. The lowest BCUT2D eigenvalue weighted by Crippen LogP contribution is -1.77. The van der Waals surface area contributed by atoms with E-state index in [1.165, 1.54) is 6.08 Å². The molecule has 0 fully saturated rings. The zero-order chi connectivity index (χ0) is 7.40. The van der Waals surface area contributed by atoms with Gasteiger partial charge in [0.25, 0.3) is 0 Å². The van der Waals surface area contributed by atoms with E-state index in [2.05, 4.69) is 9.97 Å². The average Bonchev–Trinajstić information content (AvgIpc) is 2.34. The summed E-state index contributed by atoms with van der Waals surface area (Å²) < 4.78 is 11.7. The van der Waals surface area contributed by atoms with Crippen molar-refractivity contribution in [2.75, 3.05) is 0 Å². The van der Waals surface area contributed by atoms with Gasteiger partial charge in [0.2, 0.25) is 5.97 Å². The predicted octanol–water partition coefficient (Wildman–Crippen LogP) is 1.37. The highest BCUT2D eigenvalue weighted by molar-refractivity contribution is 5.87. The van der Waals surface area contributed by atoms with Crippen molar-refractivity contribution < 1.29 is 4.39 Å². The molecule has 2 N–H and O–H groups in total. The van der Waals surface area contributed by atoms with Gasteiger partial charge >= 0.3 is 0 Å². The van der Waals surface area contributed by atoms with Crippen LogP contribution in [0, 0.1) is 5.41 Å². The molecule has 0 radical (unpaired) electrons. The molecule has 4 heteroatoms. The number of allylic oxidation sites excluding steroid dienone is 1. The van der Waals surface area contributed by atoms with E-state index in [4.69, 9.17) is 5.41 Å². The maximum Gasteiger partial charge on any atom is 0.205 e. The molecule has 1 aromatic rings. The molecule has 0 saturated heterocycles. The largest absolute Gasteiger partial charge is 0.345 e. The van der Waals surface area contributed by atoms with Crippen LogP contribution < -0.4 is 0 Å². The van der Waals surface area contributed by atoms with Gasteiger partial charge in [0.1, 0.15) is 5.82 Å². The second kappa shape index (κ2) is 2.91. The van der Waals surface area contributed by atoms with Crippen LogP contribution in [0.2, 0.25) is 0 Å². The Labute approximate surface area is 57.1 Å². The van der Waals surface area contributed by atoms with E-state index < -0.39 is 5.97 Å². The predicted molar refractivity (Wildman–Crippen MR) is 36.5 cm³/mol. The fourth-order valence-corrected chi connectivity index (χ4v) is 0.521. The van der Waals surface area contributed by atoms with Gasteiger partial charge in [0.15, 0.2) is 0 Å². The number of halogens is 1. The molecule has 0 aliphatic rings. The van der Waals surface area contributed by atoms with Crippen LogP contribution in [0.1, 0.15) is 5.82 Å². The lowest BCUT2D eigenvalue weighted by atomic mass is 10.5. The van der Waals surface area contributed by atoms with Crippen molar-refractivity contribution in [2.24, 2.45) is 0 Å². The highest BCUT2D eigenvalue weighted by atomic mass is 19.1. The number of nitrogens with one attached hydrogen (secondary N) is 2. The third-order valence-corrected chi connectivity index (χ3v) is 0.907. The van der Waals surface area contributed by atoms with Gasteiger partial charge < -0.3 is 4.98 Å². The summed E-state index contributed by atoms with van der Waals surface area (Å²) in [5.74, 6) is -0.432. The summed E-state index contributed by atoms with van der Waals surface area (Å²) in [4.78, 5) is 6.51. The molecule has 3 nitrogen and oxygen atoms in total. The molecule has 0 spiro atoms. The van der Waals surface area contributed by atoms with Crippen molar-refractivity contribution in [3.63, 3.8) is 0 Å². The van der Waals surface area contributed by atoms with Crippen LogP contribution in [0.3, 0.4) is 0 Å². The molecule has 0 bridgehead atoms. The Morgan fingerprint density at radius 2 is 2.60 bits per heavy atom. The normalized spacial score (nSPS) is 10.5. The van der Waals surface area contributed by atoms with E-state index in [-0.39, 0.29) is 0 Å². The van der Waals surface area contributed by atoms with Crippen LogP contribution in [-0.2, 0) is 0 Å². The van der Waals surface area contributed by atoms with Crippen molar-refractivity contribution in [1.82, 2.24) is 9.97 Å². The van der Waals surface area contributed by atoms with E-state index in [0.29, 0.717) is 5.82 Å². The van der Waals surface area contributed by atoms with Crippen molar-refractivity contribution in [3.8, 4) is 0 Å². The number of nitrogens with zero attached hydrogens (tertiary/aromatic N) is 1. The Morgan fingerprint density at radius 3 is 3.10 bits per heavy atom. The zero-order valence-corrected chi connectivity index (χ0v) is 5.13. The molecule has 1 heterocycles. The second-order valence-corrected chi connectivity index (χ2v) is 1.66. The maximum atomic E-state index is 11.7. The van der Waals surface area contributed by atoms with Gasteiger partial charge in [0.05, 0.1) is 0 Å². The summed E-state index contributed by atoms with van der Waals surface area (Å²) in [5.41, 5.74) is 0. The van der Waals surface area contributed by atoms with Crippen LogP contribution in [0.25, 0.3) is 6.08 Å². The number of imidazole rings is 1. The molecule has 0 aliphatic heterocycles. The summed E-state index contributed by atoms with van der Waals surface area (Å²) >= 11 is 0. The van der Waals surface area contributed by atoms with E-state index in [1.54, 1.807) is 12.4 Å². The number of rotatable bonds is 2. The Morgan fingerprint density at radius 1 is 1.80 bits per heavy atom. The summed E-state index contributed by atoms with van der Waals surface area (Å²) in [6, 6.07) is 0. The molecular formula is C6H6FN3. The molecule has 0 aromatic carbocycles. The molecule has 0 atom stereocenters. The minimum absolute atomic E-state index is 0.544. The average molecular weight is 139 g/mol. The minimum atomic E-state index is -0.976. The summed E-state index contributed by atoms with van der Waals surface area (Å²) in [7, 11) is 0. The van der Waals surface area contributed by atoms with Gasteiger partial charge in [-0.25, -0.2) is 4.98 Å². The zero-order valence-electron chi connectivity index (χ0n) is 5.13. The van der Waals surface area contributed by atoms with Crippen molar-refractivity contribution in [3.05, 3.63) is 24.3 Å². The summed E-state index contributed by atoms with van der Waals surface area (Å²) in [6.45, 7) is 0. The van der Waals surface area contributed by atoms with Gasteiger partial charge in [0, 0.05) is 12.4 Å². The maximum absolute atomic E-state index is 11.7. The first kappa shape index (κ1) is 6.67. The summed E-state index contributed by atoms with van der Waals surface area (Å²) in [5, 5.41) is 6.40. The van der Waals surface area contributed by atoms with Crippen LogP contribution in [0.15, 0.2) is 18.5 Å². The van der Waals surface area contributed by atoms with E-state index in [0.717, 1.165) is 6.08 Å². The van der Waals surface area contributed by atoms with Gasteiger partial charge in [-0.2, -0.15) is 4.39 Å². The van der Waals surface area contributed by atoms with Gasteiger partial charge in [-0.1, -0.05) is 0 Å². The lowest BCUT2D eigenvalue weighted by molar-refractivity contribution is 0.804. The van der Waals surface area contributed by atoms with Gasteiger partial charge in [-0.05, 0) is 12.2 Å². The topological polar surface area (TPSA) is 52.5 Å². The van der Waals surface area contributed by atoms with Crippen LogP contribution in [-0.4, -0.2) is 15.9 Å². The summed E-state index contributed by atoms with van der Waals surface area (Å²) in [6.07, 6.45) is 5.60. The van der Waals surface area contributed by atoms with E-state index >= 15 is 0 Å². The Kier molecular flexibility index (Phi) is 1.94. The van der Waals surface area contributed by atoms with Gasteiger partial charge in [-0.15, -0.1) is 0 Å². The molecule has 0 aliphatic carbocycles. The Balaban J connectivity index is 2.64. The van der Waals surface area contributed by atoms with Crippen molar-refractivity contribution in [2.45, 2.75) is 0 Å². The number of aromatic amines is 1. The van der Waals surface area contributed by atoms with E-state index in [1.807, 2.05) is 0 Å². The molecule has 10 heavy (non-hydrogen) atoms. The SMILES string of the molecule is N=C(F)/C=C\c1ncc[nH]1. The molecule has 0 amide bonds. The monoisotopic (exact) mass is 139 g/mol. The smallest absolute Gasteiger partial charge is 0.205 e. The van der Waals surface area contributed by atoms with Gasteiger partial charge in [-0.3, -0.25) is 5.41 Å². The number of aromatic nitrogens is 2. The van der Waals surface area contributed by atoms with Crippen molar-refractivity contribution in [1.29, 1.82) is 5.41 Å². The minimum Gasteiger partial charge on any atom is -0.345 e. The fourth-order valence-electron chi connectivity index (χ4n) is 0.521. The second-order valence-electron chi connectivity index (χ2n) is 1.66. The molecule has 0 unspecified atom stereocenters.